The summed E-state index contributed by atoms with van der Waals surface area (Å²) in [5.41, 5.74) is 2.72. The number of nitrogens with one attached hydrogen (secondary N) is 1. The summed E-state index contributed by atoms with van der Waals surface area (Å²) in [5.74, 6) is -0.0898. The number of likely N-dealkylation sites (N-methyl/N-ethyl adjacent to an activating group) is 1. The molecule has 70 valence electrons. The molecular weight excluding hydrogens is 178 g/mol. The van der Waals surface area contributed by atoms with Crippen LogP contribution in [-0.4, -0.2) is 54.9 Å². The molecule has 12 heavy (non-hydrogen) atoms. The first-order chi connectivity index (χ1) is 5.72. The average Bonchev–Trinajstić information content (AvgIpc) is 2.09. The first-order valence-corrected chi connectivity index (χ1v) is 4.55. The highest BCUT2D eigenvalue weighted by Gasteiger charge is 2.14. The normalized spacial score (nSPS) is 20.8. The Bertz CT molecular complexity index is 157. The minimum absolute atomic E-state index is 0.0341. The maximum atomic E-state index is 10.9. The van der Waals surface area contributed by atoms with Crippen molar-refractivity contribution in [3.63, 3.8) is 0 Å². The van der Waals surface area contributed by atoms with Crippen LogP contribution in [0.4, 0.5) is 0 Å². The zero-order valence-corrected chi connectivity index (χ0v) is 7.97. The number of hydrazine groups is 1. The number of hydrogen-bond acceptors (Lipinski definition) is 3. The van der Waals surface area contributed by atoms with Crippen molar-refractivity contribution in [2.45, 2.75) is 0 Å². The summed E-state index contributed by atoms with van der Waals surface area (Å²) in [4.78, 5) is 13.1. The van der Waals surface area contributed by atoms with Crippen molar-refractivity contribution in [3.8, 4) is 0 Å². The smallest absolute Gasteiger partial charge is 0.249 e. The van der Waals surface area contributed by atoms with Crippen LogP contribution in [0.3, 0.4) is 0 Å². The molecule has 1 aliphatic rings. The van der Waals surface area contributed by atoms with Crippen molar-refractivity contribution < 1.29 is 4.79 Å². The van der Waals surface area contributed by atoms with Crippen LogP contribution in [0, 0.1) is 0 Å². The van der Waals surface area contributed by atoms with Gasteiger partial charge in [0.2, 0.25) is 5.91 Å². The maximum Gasteiger partial charge on any atom is 0.249 e. The van der Waals surface area contributed by atoms with E-state index in [9.17, 15) is 4.79 Å². The molecular formula is C7H14ClN3O. The molecule has 1 amide bonds. The molecule has 0 unspecified atom stereocenters. The van der Waals surface area contributed by atoms with Crippen LogP contribution in [0.1, 0.15) is 0 Å². The Morgan fingerprint density at radius 2 is 2.00 bits per heavy atom. The quantitative estimate of drug-likeness (QED) is 0.598. The van der Waals surface area contributed by atoms with Crippen LogP contribution >= 0.6 is 11.6 Å². The van der Waals surface area contributed by atoms with Gasteiger partial charge in [-0.15, -0.1) is 11.6 Å². The zero-order valence-electron chi connectivity index (χ0n) is 7.22. The van der Waals surface area contributed by atoms with Gasteiger partial charge in [0.1, 0.15) is 5.88 Å². The van der Waals surface area contributed by atoms with E-state index < -0.39 is 0 Å². The van der Waals surface area contributed by atoms with Crippen molar-refractivity contribution in [2.75, 3.05) is 39.1 Å². The molecule has 5 heteroatoms. The molecule has 0 aromatic heterocycles. The summed E-state index contributed by atoms with van der Waals surface area (Å²) in [7, 11) is 2.07. The minimum Gasteiger partial charge on any atom is -0.304 e. The predicted molar refractivity (Wildman–Crippen MR) is 47.9 cm³/mol. The van der Waals surface area contributed by atoms with Gasteiger partial charge in [-0.25, -0.2) is 5.01 Å². The molecule has 0 radical (unpaired) electrons. The Balaban J connectivity index is 2.21. The second kappa shape index (κ2) is 4.64. The predicted octanol–water partition coefficient (Wildman–Crippen LogP) is -0.496. The molecule has 1 saturated heterocycles. The SMILES string of the molecule is CN1CCN(NC(=O)CCl)CC1. The highest BCUT2D eigenvalue weighted by atomic mass is 35.5. The van der Waals surface area contributed by atoms with Crippen LogP contribution in [0.5, 0.6) is 0 Å². The van der Waals surface area contributed by atoms with E-state index in [1.165, 1.54) is 0 Å². The fourth-order valence-corrected chi connectivity index (χ4v) is 1.18. The molecule has 0 aromatic carbocycles. The molecule has 1 aliphatic heterocycles. The number of hydrogen-bond donors (Lipinski definition) is 1. The molecule has 0 atom stereocenters. The van der Waals surface area contributed by atoms with E-state index in [-0.39, 0.29) is 11.8 Å². The standard InChI is InChI=1S/C7H14ClN3O/c1-10-2-4-11(5-3-10)9-7(12)6-8/h2-6H2,1H3,(H,9,12). The molecule has 1 heterocycles. The second-order valence-electron chi connectivity index (χ2n) is 2.96. The van der Waals surface area contributed by atoms with Gasteiger partial charge >= 0.3 is 0 Å². The Hall–Kier alpha value is -0.320. The van der Waals surface area contributed by atoms with Gasteiger partial charge in [0.25, 0.3) is 0 Å². The second-order valence-corrected chi connectivity index (χ2v) is 3.23. The summed E-state index contributed by atoms with van der Waals surface area (Å²) >= 11 is 5.35. The molecule has 1 N–H and O–H groups in total. The molecule has 1 rings (SSSR count). The van der Waals surface area contributed by atoms with Gasteiger partial charge in [0.05, 0.1) is 0 Å². The number of amides is 1. The molecule has 0 bridgehead atoms. The van der Waals surface area contributed by atoms with Crippen molar-refractivity contribution in [1.82, 2.24) is 15.3 Å². The molecule has 1 fully saturated rings. The van der Waals surface area contributed by atoms with Crippen LogP contribution in [0.15, 0.2) is 0 Å². The number of alkyl halides is 1. The number of carbonyl (C=O) groups is 1. The third-order valence-corrected chi connectivity index (χ3v) is 2.15. The minimum atomic E-state index is -0.124. The highest BCUT2D eigenvalue weighted by molar-refractivity contribution is 6.27. The Kier molecular flexibility index (Phi) is 3.78. The average molecular weight is 192 g/mol. The third kappa shape index (κ3) is 2.97. The lowest BCUT2D eigenvalue weighted by Crippen LogP contribution is -2.52. The topological polar surface area (TPSA) is 35.6 Å². The van der Waals surface area contributed by atoms with Gasteiger partial charge in [-0.2, -0.15) is 0 Å². The summed E-state index contributed by atoms with van der Waals surface area (Å²) < 4.78 is 0. The fourth-order valence-electron chi connectivity index (χ4n) is 1.12. The first-order valence-electron chi connectivity index (χ1n) is 4.01. The highest BCUT2D eigenvalue weighted by Crippen LogP contribution is 1.95. The van der Waals surface area contributed by atoms with E-state index in [2.05, 4.69) is 17.4 Å². The number of carbonyl (C=O) groups excluding carboxylic acids is 1. The lowest BCUT2D eigenvalue weighted by Gasteiger charge is -2.32. The monoisotopic (exact) mass is 191 g/mol. The number of halogens is 1. The number of nitrogens with zero attached hydrogens (tertiary/aromatic N) is 2. The summed E-state index contributed by atoms with van der Waals surface area (Å²) in [6.07, 6.45) is 0. The van der Waals surface area contributed by atoms with Gasteiger partial charge in [-0.05, 0) is 7.05 Å². The molecule has 4 nitrogen and oxygen atoms in total. The first kappa shape index (κ1) is 9.77. The van der Waals surface area contributed by atoms with Gasteiger partial charge in [-0.3, -0.25) is 10.2 Å². The molecule has 0 aromatic rings. The fraction of sp³-hybridized carbons (Fsp3) is 0.857. The zero-order chi connectivity index (χ0) is 8.97. The van der Waals surface area contributed by atoms with Crippen molar-refractivity contribution in [1.29, 1.82) is 0 Å². The van der Waals surface area contributed by atoms with Crippen LogP contribution in [0.2, 0.25) is 0 Å². The van der Waals surface area contributed by atoms with E-state index in [0.717, 1.165) is 26.2 Å². The van der Waals surface area contributed by atoms with Crippen molar-refractivity contribution in [3.05, 3.63) is 0 Å². The van der Waals surface area contributed by atoms with Crippen LogP contribution in [-0.2, 0) is 4.79 Å². The largest absolute Gasteiger partial charge is 0.304 e. The van der Waals surface area contributed by atoms with Gasteiger partial charge in [0, 0.05) is 26.2 Å². The lowest BCUT2D eigenvalue weighted by atomic mass is 10.4. The summed E-state index contributed by atoms with van der Waals surface area (Å²) in [6.45, 7) is 3.73. The van der Waals surface area contributed by atoms with Gasteiger partial charge in [-0.1, -0.05) is 0 Å². The van der Waals surface area contributed by atoms with Crippen molar-refractivity contribution in [2.24, 2.45) is 0 Å². The molecule has 0 spiro atoms. The lowest BCUT2D eigenvalue weighted by molar-refractivity contribution is -0.124. The summed E-state index contributed by atoms with van der Waals surface area (Å²) in [5, 5.41) is 1.91. The van der Waals surface area contributed by atoms with E-state index >= 15 is 0 Å². The van der Waals surface area contributed by atoms with Crippen LogP contribution < -0.4 is 5.43 Å². The van der Waals surface area contributed by atoms with Gasteiger partial charge < -0.3 is 4.90 Å². The molecule has 0 saturated carbocycles. The Morgan fingerprint density at radius 1 is 1.42 bits per heavy atom. The summed E-state index contributed by atoms with van der Waals surface area (Å²) in [6, 6.07) is 0. The van der Waals surface area contributed by atoms with E-state index in [0.29, 0.717) is 0 Å². The van der Waals surface area contributed by atoms with E-state index in [1.807, 2.05) is 5.01 Å². The van der Waals surface area contributed by atoms with Crippen LogP contribution in [0.25, 0.3) is 0 Å². The van der Waals surface area contributed by atoms with E-state index in [4.69, 9.17) is 11.6 Å². The maximum absolute atomic E-state index is 10.9. The number of rotatable bonds is 2. The van der Waals surface area contributed by atoms with E-state index in [1.54, 1.807) is 0 Å². The third-order valence-electron chi connectivity index (χ3n) is 1.91. The Labute approximate surface area is 77.4 Å². The van der Waals surface area contributed by atoms with Crippen molar-refractivity contribution >= 4 is 17.5 Å². The number of piperazine rings is 1. The molecule has 0 aliphatic carbocycles. The van der Waals surface area contributed by atoms with Gasteiger partial charge in [0.15, 0.2) is 0 Å². The Morgan fingerprint density at radius 3 is 2.50 bits per heavy atom.